The quantitative estimate of drug-likeness (QED) is 0.791. The van der Waals surface area contributed by atoms with Gasteiger partial charge in [0.15, 0.2) is 0 Å². The molecule has 1 fully saturated rings. The Morgan fingerprint density at radius 3 is 2.29 bits per heavy atom. The van der Waals surface area contributed by atoms with E-state index >= 15 is 0 Å². The monoisotopic (exact) mass is 290 g/mol. The van der Waals surface area contributed by atoms with Gasteiger partial charge >= 0.3 is 0 Å². The van der Waals surface area contributed by atoms with Gasteiger partial charge in [-0.15, -0.1) is 0 Å². The van der Waals surface area contributed by atoms with Crippen molar-refractivity contribution in [1.82, 2.24) is 10.2 Å². The number of rotatable bonds is 6. The molecule has 2 N–H and O–H groups in total. The van der Waals surface area contributed by atoms with Gasteiger partial charge in [0, 0.05) is 12.6 Å². The molecule has 21 heavy (non-hydrogen) atoms. The van der Waals surface area contributed by atoms with Gasteiger partial charge in [0.05, 0.1) is 12.1 Å². The highest BCUT2D eigenvalue weighted by Gasteiger charge is 2.33. The van der Waals surface area contributed by atoms with Crippen LogP contribution in [0, 0.1) is 0 Å². The molecule has 3 nitrogen and oxygen atoms in total. The van der Waals surface area contributed by atoms with Crippen molar-refractivity contribution in [2.45, 2.75) is 50.1 Å². The number of benzene rings is 1. The molecule has 1 unspecified atom stereocenters. The predicted octanol–water partition coefficient (Wildman–Crippen LogP) is 2.75. The van der Waals surface area contributed by atoms with E-state index in [-0.39, 0.29) is 12.1 Å². The second-order valence-corrected chi connectivity index (χ2v) is 6.42. The van der Waals surface area contributed by atoms with E-state index < -0.39 is 0 Å². The molecule has 3 heteroatoms. The molecule has 1 aliphatic carbocycles. The Morgan fingerprint density at radius 2 is 1.76 bits per heavy atom. The molecule has 1 atom stereocenters. The summed E-state index contributed by atoms with van der Waals surface area (Å²) in [5, 5.41) is 13.4. The summed E-state index contributed by atoms with van der Waals surface area (Å²) in [6, 6.07) is 11.0. The van der Waals surface area contributed by atoms with E-state index in [4.69, 9.17) is 0 Å². The SMILES string of the molecule is CNC(CO)(CN(C)C1CCCCCC1)c1ccccc1. The highest BCUT2D eigenvalue weighted by atomic mass is 16.3. The fourth-order valence-corrected chi connectivity index (χ4v) is 3.55. The van der Waals surface area contributed by atoms with Crippen molar-refractivity contribution >= 4 is 0 Å². The summed E-state index contributed by atoms with van der Waals surface area (Å²) in [6.07, 6.45) is 8.01. The Labute approximate surface area is 129 Å². The van der Waals surface area contributed by atoms with Crippen LogP contribution in [0.4, 0.5) is 0 Å². The smallest absolute Gasteiger partial charge is 0.0795 e. The topological polar surface area (TPSA) is 35.5 Å². The fraction of sp³-hybridized carbons (Fsp3) is 0.667. The number of aliphatic hydroxyl groups excluding tert-OH is 1. The summed E-state index contributed by atoms with van der Waals surface area (Å²) in [7, 11) is 4.16. The fourth-order valence-electron chi connectivity index (χ4n) is 3.55. The Balaban J connectivity index is 2.11. The Hall–Kier alpha value is -0.900. The van der Waals surface area contributed by atoms with Crippen LogP contribution in [-0.2, 0) is 5.54 Å². The molecule has 0 bridgehead atoms. The first kappa shape index (κ1) is 16.5. The molecule has 1 saturated carbocycles. The van der Waals surface area contributed by atoms with E-state index in [9.17, 15) is 5.11 Å². The van der Waals surface area contributed by atoms with Gasteiger partial charge in [-0.3, -0.25) is 0 Å². The summed E-state index contributed by atoms with van der Waals surface area (Å²) >= 11 is 0. The largest absolute Gasteiger partial charge is 0.394 e. The average molecular weight is 290 g/mol. The Bertz CT molecular complexity index is 395. The van der Waals surface area contributed by atoms with E-state index in [1.54, 1.807) is 0 Å². The Morgan fingerprint density at radius 1 is 1.14 bits per heavy atom. The minimum absolute atomic E-state index is 0.116. The molecule has 0 heterocycles. The van der Waals surface area contributed by atoms with Gasteiger partial charge in [0.1, 0.15) is 0 Å². The van der Waals surface area contributed by atoms with Gasteiger partial charge in [-0.1, -0.05) is 56.0 Å². The molecule has 0 aromatic heterocycles. The van der Waals surface area contributed by atoms with Crippen LogP contribution < -0.4 is 5.32 Å². The van der Waals surface area contributed by atoms with Gasteiger partial charge in [-0.2, -0.15) is 0 Å². The second-order valence-electron chi connectivity index (χ2n) is 6.42. The third-order valence-electron chi connectivity index (χ3n) is 5.04. The van der Waals surface area contributed by atoms with E-state index in [0.29, 0.717) is 6.04 Å². The molecule has 0 amide bonds. The van der Waals surface area contributed by atoms with Crippen molar-refractivity contribution in [3.05, 3.63) is 35.9 Å². The molecule has 1 aromatic rings. The highest BCUT2D eigenvalue weighted by Crippen LogP contribution is 2.26. The number of aliphatic hydroxyl groups is 1. The van der Waals surface area contributed by atoms with Crippen LogP contribution in [0.5, 0.6) is 0 Å². The van der Waals surface area contributed by atoms with Crippen LogP contribution in [0.25, 0.3) is 0 Å². The van der Waals surface area contributed by atoms with E-state index in [1.807, 2.05) is 25.2 Å². The summed E-state index contributed by atoms with van der Waals surface area (Å²) in [5.41, 5.74) is 0.790. The van der Waals surface area contributed by atoms with Crippen LogP contribution in [0.15, 0.2) is 30.3 Å². The lowest BCUT2D eigenvalue weighted by atomic mass is 9.89. The zero-order valence-corrected chi connectivity index (χ0v) is 13.5. The molecule has 1 aromatic carbocycles. The van der Waals surface area contributed by atoms with Crippen molar-refractivity contribution in [2.24, 2.45) is 0 Å². The van der Waals surface area contributed by atoms with E-state index in [1.165, 1.54) is 38.5 Å². The maximum Gasteiger partial charge on any atom is 0.0795 e. The molecule has 118 valence electrons. The van der Waals surface area contributed by atoms with Crippen molar-refractivity contribution in [3.63, 3.8) is 0 Å². The molecule has 0 saturated heterocycles. The lowest BCUT2D eigenvalue weighted by molar-refractivity contribution is 0.0992. The van der Waals surface area contributed by atoms with Crippen LogP contribution in [0.3, 0.4) is 0 Å². The predicted molar refractivity (Wildman–Crippen MR) is 88.4 cm³/mol. The molecule has 1 aliphatic rings. The van der Waals surface area contributed by atoms with E-state index in [0.717, 1.165) is 12.1 Å². The van der Waals surface area contributed by atoms with E-state index in [2.05, 4.69) is 29.4 Å². The van der Waals surface area contributed by atoms with Crippen LogP contribution in [0.1, 0.15) is 44.1 Å². The van der Waals surface area contributed by atoms with Crippen molar-refractivity contribution in [1.29, 1.82) is 0 Å². The zero-order valence-electron chi connectivity index (χ0n) is 13.5. The first-order chi connectivity index (χ1) is 10.2. The van der Waals surface area contributed by atoms with Crippen LogP contribution >= 0.6 is 0 Å². The van der Waals surface area contributed by atoms with Crippen molar-refractivity contribution in [3.8, 4) is 0 Å². The number of nitrogens with one attached hydrogen (secondary N) is 1. The molecule has 2 rings (SSSR count). The van der Waals surface area contributed by atoms with Gasteiger partial charge in [-0.05, 0) is 32.5 Å². The minimum Gasteiger partial charge on any atom is -0.394 e. The van der Waals surface area contributed by atoms with Crippen LogP contribution in [-0.4, -0.2) is 43.3 Å². The third-order valence-corrected chi connectivity index (χ3v) is 5.04. The lowest BCUT2D eigenvalue weighted by Gasteiger charge is -2.39. The molecular weight excluding hydrogens is 260 g/mol. The first-order valence-corrected chi connectivity index (χ1v) is 8.27. The molecular formula is C18H30N2O. The maximum absolute atomic E-state index is 10.0. The average Bonchev–Trinajstić information content (AvgIpc) is 2.83. The third kappa shape index (κ3) is 4.06. The summed E-state index contributed by atoms with van der Waals surface area (Å²) < 4.78 is 0. The number of likely N-dealkylation sites (N-methyl/N-ethyl adjacent to an activating group) is 2. The molecule has 0 radical (unpaired) electrons. The number of nitrogens with zero attached hydrogens (tertiary/aromatic N) is 1. The normalized spacial score (nSPS) is 20.2. The molecule has 0 spiro atoms. The summed E-state index contributed by atoms with van der Waals surface area (Å²) in [5.74, 6) is 0. The first-order valence-electron chi connectivity index (χ1n) is 8.27. The summed E-state index contributed by atoms with van der Waals surface area (Å²) in [4.78, 5) is 2.45. The number of hydrogen-bond acceptors (Lipinski definition) is 3. The highest BCUT2D eigenvalue weighted by molar-refractivity contribution is 5.25. The van der Waals surface area contributed by atoms with Gasteiger partial charge < -0.3 is 15.3 Å². The maximum atomic E-state index is 10.0. The second kappa shape index (κ2) is 7.92. The lowest BCUT2D eigenvalue weighted by Crippen LogP contribution is -2.53. The van der Waals surface area contributed by atoms with Crippen LogP contribution in [0.2, 0.25) is 0 Å². The van der Waals surface area contributed by atoms with Gasteiger partial charge in [0.2, 0.25) is 0 Å². The van der Waals surface area contributed by atoms with Gasteiger partial charge in [0.25, 0.3) is 0 Å². The standard InChI is InChI=1S/C18H30N2O/c1-19-18(15-21,16-10-6-5-7-11-16)14-20(2)17-12-8-3-4-9-13-17/h5-7,10-11,17,19,21H,3-4,8-9,12-15H2,1-2H3. The van der Waals surface area contributed by atoms with Crippen molar-refractivity contribution < 1.29 is 5.11 Å². The van der Waals surface area contributed by atoms with Crippen molar-refractivity contribution in [2.75, 3.05) is 27.2 Å². The summed E-state index contributed by atoms with van der Waals surface area (Å²) in [6.45, 7) is 0.958. The molecule has 0 aliphatic heterocycles. The van der Waals surface area contributed by atoms with Gasteiger partial charge in [-0.25, -0.2) is 0 Å². The Kier molecular flexibility index (Phi) is 6.22. The minimum atomic E-state index is -0.373. The number of hydrogen-bond donors (Lipinski definition) is 2. The zero-order chi connectivity index (χ0) is 15.1.